The third-order valence-corrected chi connectivity index (χ3v) is 4.36. The maximum atomic E-state index is 12.4. The third kappa shape index (κ3) is 3.85. The smallest absolute Gasteiger partial charge is 0.268 e. The van der Waals surface area contributed by atoms with Gasteiger partial charge in [-0.15, -0.1) is 0 Å². The van der Waals surface area contributed by atoms with E-state index in [-0.39, 0.29) is 23.1 Å². The fraction of sp³-hybridized carbons (Fsp3) is 0.368. The van der Waals surface area contributed by atoms with Crippen molar-refractivity contribution in [2.45, 2.75) is 38.3 Å². The number of pyridine rings is 1. The van der Waals surface area contributed by atoms with Crippen LogP contribution in [0.4, 0.5) is 0 Å². The second-order valence-corrected chi connectivity index (χ2v) is 6.23. The van der Waals surface area contributed by atoms with Crippen molar-refractivity contribution in [2.24, 2.45) is 7.05 Å². The molecule has 1 saturated carbocycles. The number of aromatic nitrogens is 1. The van der Waals surface area contributed by atoms with Crippen molar-refractivity contribution in [3.63, 3.8) is 0 Å². The third-order valence-electron chi connectivity index (χ3n) is 4.36. The number of aryl methyl sites for hydroxylation is 1. The van der Waals surface area contributed by atoms with Crippen LogP contribution >= 0.6 is 0 Å². The molecular formula is C19H22N2O3. The van der Waals surface area contributed by atoms with Crippen LogP contribution in [-0.4, -0.2) is 16.5 Å². The summed E-state index contributed by atoms with van der Waals surface area (Å²) in [5.41, 5.74) is 1.07. The van der Waals surface area contributed by atoms with Gasteiger partial charge in [0.2, 0.25) is 5.43 Å². The van der Waals surface area contributed by atoms with Gasteiger partial charge in [-0.3, -0.25) is 9.59 Å². The summed E-state index contributed by atoms with van der Waals surface area (Å²) in [7, 11) is 1.75. The molecule has 1 amide bonds. The maximum Gasteiger partial charge on any atom is 0.268 e. The molecule has 1 heterocycles. The van der Waals surface area contributed by atoms with Crippen molar-refractivity contribution in [1.29, 1.82) is 0 Å². The molecule has 24 heavy (non-hydrogen) atoms. The number of carbonyl (C=O) groups excluding carboxylic acids is 1. The predicted molar refractivity (Wildman–Crippen MR) is 92.2 cm³/mol. The van der Waals surface area contributed by atoms with Gasteiger partial charge < -0.3 is 14.6 Å². The first kappa shape index (κ1) is 16.3. The van der Waals surface area contributed by atoms with Crippen LogP contribution in [0.1, 0.15) is 41.7 Å². The van der Waals surface area contributed by atoms with Crippen molar-refractivity contribution < 1.29 is 9.53 Å². The summed E-state index contributed by atoms with van der Waals surface area (Å²) in [6.45, 7) is 0.323. The van der Waals surface area contributed by atoms with Crippen LogP contribution in [0, 0.1) is 0 Å². The van der Waals surface area contributed by atoms with Gasteiger partial charge in [0.05, 0.1) is 6.20 Å². The van der Waals surface area contributed by atoms with E-state index in [1.54, 1.807) is 17.8 Å². The molecule has 1 aliphatic carbocycles. The highest BCUT2D eigenvalue weighted by atomic mass is 16.5. The van der Waals surface area contributed by atoms with E-state index in [0.717, 1.165) is 31.2 Å². The summed E-state index contributed by atoms with van der Waals surface area (Å²) in [6, 6.07) is 11.2. The summed E-state index contributed by atoms with van der Waals surface area (Å²) >= 11 is 0. The highest BCUT2D eigenvalue weighted by Crippen LogP contribution is 2.18. The highest BCUT2D eigenvalue weighted by molar-refractivity contribution is 5.92. The molecular weight excluding hydrogens is 304 g/mol. The molecule has 0 spiro atoms. The quantitative estimate of drug-likeness (QED) is 0.919. The minimum Gasteiger partial charge on any atom is -0.483 e. The average Bonchev–Trinajstić information content (AvgIpc) is 3.09. The molecule has 126 valence electrons. The molecule has 5 nitrogen and oxygen atoms in total. The number of nitrogens with one attached hydrogen (secondary N) is 1. The number of carbonyl (C=O) groups is 1. The van der Waals surface area contributed by atoms with Gasteiger partial charge >= 0.3 is 0 Å². The zero-order valence-corrected chi connectivity index (χ0v) is 13.8. The lowest BCUT2D eigenvalue weighted by Crippen LogP contribution is -2.35. The van der Waals surface area contributed by atoms with E-state index in [2.05, 4.69) is 5.32 Å². The van der Waals surface area contributed by atoms with Gasteiger partial charge in [0.25, 0.3) is 5.91 Å². The number of nitrogens with zero attached hydrogens (tertiary/aromatic N) is 1. The largest absolute Gasteiger partial charge is 0.483 e. The Morgan fingerprint density at radius 3 is 2.67 bits per heavy atom. The van der Waals surface area contributed by atoms with Gasteiger partial charge in [-0.2, -0.15) is 0 Å². The summed E-state index contributed by atoms with van der Waals surface area (Å²) in [6.07, 6.45) is 5.90. The molecule has 0 aliphatic heterocycles. The fourth-order valence-electron chi connectivity index (χ4n) is 3.01. The van der Waals surface area contributed by atoms with Crippen molar-refractivity contribution in [1.82, 2.24) is 9.88 Å². The van der Waals surface area contributed by atoms with E-state index in [9.17, 15) is 9.59 Å². The van der Waals surface area contributed by atoms with Crippen LogP contribution in [0.25, 0.3) is 0 Å². The lowest BCUT2D eigenvalue weighted by molar-refractivity contribution is 0.0928. The Balaban J connectivity index is 1.70. The molecule has 1 aromatic carbocycles. The van der Waals surface area contributed by atoms with Gasteiger partial charge in [-0.25, -0.2) is 0 Å². The molecule has 0 saturated heterocycles. The van der Waals surface area contributed by atoms with Crippen molar-refractivity contribution in [2.75, 3.05) is 0 Å². The Morgan fingerprint density at radius 1 is 1.25 bits per heavy atom. The van der Waals surface area contributed by atoms with Gasteiger partial charge in [-0.05, 0) is 18.4 Å². The molecule has 0 unspecified atom stereocenters. The number of rotatable bonds is 5. The zero-order chi connectivity index (χ0) is 16.9. The van der Waals surface area contributed by atoms with Crippen molar-refractivity contribution in [3.05, 3.63) is 64.1 Å². The SMILES string of the molecule is Cn1cc(OCc2ccccc2)c(=O)cc1C(=O)NC1CCCC1. The Labute approximate surface area is 141 Å². The van der Waals surface area contributed by atoms with Crippen LogP contribution in [0.15, 0.2) is 47.4 Å². The lowest BCUT2D eigenvalue weighted by atomic mass is 10.2. The average molecular weight is 326 g/mol. The summed E-state index contributed by atoms with van der Waals surface area (Å²) in [5, 5.41) is 3.00. The minimum absolute atomic E-state index is 0.198. The van der Waals surface area contributed by atoms with E-state index >= 15 is 0 Å². The van der Waals surface area contributed by atoms with Crippen LogP contribution < -0.4 is 15.5 Å². The van der Waals surface area contributed by atoms with Crippen molar-refractivity contribution >= 4 is 5.91 Å². The minimum atomic E-state index is -0.277. The van der Waals surface area contributed by atoms with E-state index in [0.29, 0.717) is 12.3 Å². The van der Waals surface area contributed by atoms with E-state index in [1.165, 1.54) is 6.07 Å². The number of amides is 1. The number of hydrogen-bond donors (Lipinski definition) is 1. The van der Waals surface area contributed by atoms with E-state index in [1.807, 2.05) is 30.3 Å². The van der Waals surface area contributed by atoms with Crippen LogP contribution in [-0.2, 0) is 13.7 Å². The monoisotopic (exact) mass is 326 g/mol. The Hall–Kier alpha value is -2.56. The maximum absolute atomic E-state index is 12.4. The summed E-state index contributed by atoms with van der Waals surface area (Å²) in [5.74, 6) is 0.0508. The molecule has 5 heteroatoms. The number of hydrogen-bond acceptors (Lipinski definition) is 3. The predicted octanol–water partition coefficient (Wildman–Crippen LogP) is 2.64. The van der Waals surface area contributed by atoms with Gasteiger partial charge in [-0.1, -0.05) is 43.2 Å². The Bertz CT molecular complexity index is 762. The van der Waals surface area contributed by atoms with E-state index in [4.69, 9.17) is 4.74 Å². The Morgan fingerprint density at radius 2 is 1.96 bits per heavy atom. The van der Waals surface area contributed by atoms with Crippen LogP contribution in [0.2, 0.25) is 0 Å². The zero-order valence-electron chi connectivity index (χ0n) is 13.8. The molecule has 0 atom stereocenters. The number of benzene rings is 1. The number of ether oxygens (including phenoxy) is 1. The van der Waals surface area contributed by atoms with Gasteiger partial charge in [0.15, 0.2) is 5.75 Å². The second-order valence-electron chi connectivity index (χ2n) is 6.23. The molecule has 2 aromatic rings. The molecule has 3 rings (SSSR count). The standard InChI is InChI=1S/C19H22N2O3/c1-21-12-18(24-13-14-7-3-2-4-8-14)17(22)11-16(21)19(23)20-15-9-5-6-10-15/h2-4,7-8,11-12,15H,5-6,9-10,13H2,1H3,(H,20,23). The normalized spacial score (nSPS) is 14.5. The van der Waals surface area contributed by atoms with Gasteiger partial charge in [0.1, 0.15) is 12.3 Å². The first-order valence-corrected chi connectivity index (χ1v) is 8.32. The molecule has 0 radical (unpaired) electrons. The van der Waals surface area contributed by atoms with Crippen LogP contribution in [0.3, 0.4) is 0 Å². The summed E-state index contributed by atoms with van der Waals surface area (Å²) < 4.78 is 7.25. The summed E-state index contributed by atoms with van der Waals surface area (Å²) in [4.78, 5) is 24.6. The molecule has 1 aliphatic rings. The first-order chi connectivity index (χ1) is 11.6. The molecule has 0 bridgehead atoms. The van der Waals surface area contributed by atoms with Crippen molar-refractivity contribution in [3.8, 4) is 5.75 Å². The molecule has 1 N–H and O–H groups in total. The highest BCUT2D eigenvalue weighted by Gasteiger charge is 2.20. The molecule has 1 aromatic heterocycles. The van der Waals surface area contributed by atoms with Crippen LogP contribution in [0.5, 0.6) is 5.75 Å². The lowest BCUT2D eigenvalue weighted by Gasteiger charge is -2.15. The van der Waals surface area contributed by atoms with Gasteiger partial charge in [0, 0.05) is 19.2 Å². The Kier molecular flexibility index (Phi) is 4.99. The van der Waals surface area contributed by atoms with E-state index < -0.39 is 0 Å². The molecule has 1 fully saturated rings. The second kappa shape index (κ2) is 7.34. The topological polar surface area (TPSA) is 60.3 Å². The first-order valence-electron chi connectivity index (χ1n) is 8.32. The fourth-order valence-corrected chi connectivity index (χ4v) is 3.01.